The van der Waals surface area contributed by atoms with E-state index >= 15 is 0 Å². The molecular formula is C16H25N3O2. The number of carbonyl (C=O) groups is 1. The standard InChI is InChI=1S/C16H25N3O2/c20-16(21)15-9-13-14(18-11-17-13)10-19(15)8-7-12-5-3-1-2-4-6-12/h11-12,15H,1-10H2,(H,17,18)(H,20,21)/t15-/m0/s1. The van der Waals surface area contributed by atoms with Crippen molar-refractivity contribution >= 4 is 5.97 Å². The summed E-state index contributed by atoms with van der Waals surface area (Å²) in [7, 11) is 0. The number of aromatic amines is 1. The van der Waals surface area contributed by atoms with Crippen LogP contribution in [0, 0.1) is 5.92 Å². The van der Waals surface area contributed by atoms with Crippen LogP contribution < -0.4 is 0 Å². The van der Waals surface area contributed by atoms with E-state index in [0.29, 0.717) is 13.0 Å². The molecule has 1 saturated carbocycles. The molecule has 0 bridgehead atoms. The molecule has 0 amide bonds. The van der Waals surface area contributed by atoms with E-state index in [1.54, 1.807) is 6.33 Å². The Kier molecular flexibility index (Phi) is 4.58. The van der Waals surface area contributed by atoms with Crippen molar-refractivity contribution in [3.8, 4) is 0 Å². The average Bonchev–Trinajstić information content (AvgIpc) is 2.77. The van der Waals surface area contributed by atoms with E-state index in [4.69, 9.17) is 0 Å². The molecule has 0 saturated heterocycles. The van der Waals surface area contributed by atoms with Crippen molar-refractivity contribution in [3.05, 3.63) is 17.7 Å². The van der Waals surface area contributed by atoms with Gasteiger partial charge in [0, 0.05) is 13.0 Å². The number of aliphatic carboxylic acids is 1. The highest BCUT2D eigenvalue weighted by molar-refractivity contribution is 5.74. The van der Waals surface area contributed by atoms with Gasteiger partial charge < -0.3 is 10.1 Å². The van der Waals surface area contributed by atoms with E-state index in [-0.39, 0.29) is 0 Å². The Bertz CT molecular complexity index is 478. The molecule has 0 unspecified atom stereocenters. The molecule has 1 aromatic rings. The van der Waals surface area contributed by atoms with Crippen LogP contribution >= 0.6 is 0 Å². The van der Waals surface area contributed by atoms with Gasteiger partial charge >= 0.3 is 5.97 Å². The fourth-order valence-electron chi connectivity index (χ4n) is 3.77. The monoisotopic (exact) mass is 291 g/mol. The molecule has 21 heavy (non-hydrogen) atoms. The van der Waals surface area contributed by atoms with Crippen molar-refractivity contribution in [1.29, 1.82) is 0 Å². The number of hydrogen-bond donors (Lipinski definition) is 2. The number of carboxylic acid groups (broad SMARTS) is 1. The molecule has 2 aliphatic rings. The van der Waals surface area contributed by atoms with Crippen LogP contribution in [0.3, 0.4) is 0 Å². The van der Waals surface area contributed by atoms with Crippen molar-refractivity contribution in [2.75, 3.05) is 6.54 Å². The molecule has 2 N–H and O–H groups in total. The summed E-state index contributed by atoms with van der Waals surface area (Å²) < 4.78 is 0. The van der Waals surface area contributed by atoms with Crippen LogP contribution in [0.4, 0.5) is 0 Å². The highest BCUT2D eigenvalue weighted by atomic mass is 16.4. The summed E-state index contributed by atoms with van der Waals surface area (Å²) in [4.78, 5) is 21.0. The number of nitrogens with zero attached hydrogens (tertiary/aromatic N) is 2. The van der Waals surface area contributed by atoms with Crippen LogP contribution in [0.5, 0.6) is 0 Å². The smallest absolute Gasteiger partial charge is 0.321 e. The molecule has 1 aliphatic carbocycles. The molecule has 0 radical (unpaired) electrons. The van der Waals surface area contributed by atoms with E-state index < -0.39 is 12.0 Å². The van der Waals surface area contributed by atoms with Gasteiger partial charge in [0.2, 0.25) is 0 Å². The Hall–Kier alpha value is -1.36. The largest absolute Gasteiger partial charge is 0.480 e. The molecule has 3 rings (SSSR count). The lowest BCUT2D eigenvalue weighted by atomic mass is 9.95. The maximum absolute atomic E-state index is 11.5. The Morgan fingerprint density at radius 1 is 1.33 bits per heavy atom. The first-order valence-electron chi connectivity index (χ1n) is 8.22. The maximum Gasteiger partial charge on any atom is 0.321 e. The molecule has 1 atom stereocenters. The molecule has 5 heteroatoms. The zero-order valence-electron chi connectivity index (χ0n) is 12.6. The van der Waals surface area contributed by atoms with Gasteiger partial charge in [-0.1, -0.05) is 38.5 Å². The van der Waals surface area contributed by atoms with Gasteiger partial charge in [0.1, 0.15) is 6.04 Å². The first-order valence-corrected chi connectivity index (χ1v) is 8.22. The predicted molar refractivity (Wildman–Crippen MR) is 79.9 cm³/mol. The average molecular weight is 291 g/mol. The first kappa shape index (κ1) is 14.6. The summed E-state index contributed by atoms with van der Waals surface area (Å²) in [6.45, 7) is 1.58. The highest BCUT2D eigenvalue weighted by Crippen LogP contribution is 2.27. The molecule has 0 spiro atoms. The lowest BCUT2D eigenvalue weighted by Gasteiger charge is -2.33. The van der Waals surface area contributed by atoms with Gasteiger partial charge in [-0.05, 0) is 18.9 Å². The third-order valence-electron chi connectivity index (χ3n) is 5.08. The molecule has 2 heterocycles. The van der Waals surface area contributed by atoms with Crippen LogP contribution in [0.2, 0.25) is 0 Å². The number of nitrogens with one attached hydrogen (secondary N) is 1. The number of carboxylic acids is 1. The third kappa shape index (κ3) is 3.46. The van der Waals surface area contributed by atoms with E-state index in [2.05, 4.69) is 14.9 Å². The van der Waals surface area contributed by atoms with E-state index in [1.165, 1.54) is 38.5 Å². The van der Waals surface area contributed by atoms with E-state index in [1.807, 2.05) is 0 Å². The second-order valence-corrected chi connectivity index (χ2v) is 6.50. The molecule has 1 aliphatic heterocycles. The SMILES string of the molecule is O=C(O)[C@@H]1Cc2nc[nH]c2CN1CCC1CCCCCC1. The fourth-order valence-corrected chi connectivity index (χ4v) is 3.77. The summed E-state index contributed by atoms with van der Waals surface area (Å²) in [5.74, 6) is 0.0645. The summed E-state index contributed by atoms with van der Waals surface area (Å²) >= 11 is 0. The van der Waals surface area contributed by atoms with Crippen molar-refractivity contribution in [2.45, 2.75) is 64.0 Å². The number of aromatic nitrogens is 2. The Labute approximate surface area is 125 Å². The summed E-state index contributed by atoms with van der Waals surface area (Å²) in [6.07, 6.45) is 11.4. The van der Waals surface area contributed by atoms with Crippen LogP contribution in [0.25, 0.3) is 0 Å². The topological polar surface area (TPSA) is 69.2 Å². The zero-order valence-corrected chi connectivity index (χ0v) is 12.6. The number of fused-ring (bicyclic) bond motifs is 1. The predicted octanol–water partition coefficient (Wildman–Crippen LogP) is 2.58. The fraction of sp³-hybridized carbons (Fsp3) is 0.750. The normalized spacial score (nSPS) is 24.5. The number of rotatable bonds is 4. The second-order valence-electron chi connectivity index (χ2n) is 6.50. The van der Waals surface area contributed by atoms with Crippen molar-refractivity contribution in [2.24, 2.45) is 5.92 Å². The number of H-pyrrole nitrogens is 1. The second kappa shape index (κ2) is 6.60. The van der Waals surface area contributed by atoms with E-state index in [0.717, 1.165) is 30.3 Å². The molecule has 116 valence electrons. The van der Waals surface area contributed by atoms with E-state index in [9.17, 15) is 9.90 Å². The molecule has 1 aromatic heterocycles. The van der Waals surface area contributed by atoms with Crippen molar-refractivity contribution in [3.63, 3.8) is 0 Å². The summed E-state index contributed by atoms with van der Waals surface area (Å²) in [6, 6.07) is -0.411. The van der Waals surface area contributed by atoms with Crippen LogP contribution in [0.1, 0.15) is 56.3 Å². The zero-order chi connectivity index (χ0) is 14.7. The third-order valence-corrected chi connectivity index (χ3v) is 5.08. The van der Waals surface area contributed by atoms with Crippen molar-refractivity contribution < 1.29 is 9.90 Å². The van der Waals surface area contributed by atoms with Crippen LogP contribution in [-0.4, -0.2) is 38.5 Å². The molecule has 0 aromatic carbocycles. The Morgan fingerprint density at radius 2 is 2.10 bits per heavy atom. The lowest BCUT2D eigenvalue weighted by Crippen LogP contribution is -2.46. The minimum absolute atomic E-state index is 0.411. The molecule has 1 fully saturated rings. The van der Waals surface area contributed by atoms with Crippen LogP contribution in [-0.2, 0) is 17.8 Å². The minimum Gasteiger partial charge on any atom is -0.480 e. The van der Waals surface area contributed by atoms with Gasteiger partial charge in [0.05, 0.1) is 17.7 Å². The van der Waals surface area contributed by atoms with Gasteiger partial charge in [0.25, 0.3) is 0 Å². The van der Waals surface area contributed by atoms with Gasteiger partial charge in [-0.3, -0.25) is 9.69 Å². The first-order chi connectivity index (χ1) is 10.2. The summed E-state index contributed by atoms with van der Waals surface area (Å²) in [5.41, 5.74) is 2.02. The number of imidazole rings is 1. The summed E-state index contributed by atoms with van der Waals surface area (Å²) in [5, 5.41) is 9.47. The molecular weight excluding hydrogens is 266 g/mol. The minimum atomic E-state index is -0.718. The van der Waals surface area contributed by atoms with Crippen LogP contribution in [0.15, 0.2) is 6.33 Å². The Balaban J connectivity index is 1.61. The van der Waals surface area contributed by atoms with Gasteiger partial charge in [-0.25, -0.2) is 4.98 Å². The lowest BCUT2D eigenvalue weighted by molar-refractivity contribution is -0.144. The Morgan fingerprint density at radius 3 is 2.81 bits per heavy atom. The highest BCUT2D eigenvalue weighted by Gasteiger charge is 2.32. The van der Waals surface area contributed by atoms with Gasteiger partial charge in [-0.2, -0.15) is 0 Å². The van der Waals surface area contributed by atoms with Crippen molar-refractivity contribution in [1.82, 2.24) is 14.9 Å². The number of hydrogen-bond acceptors (Lipinski definition) is 3. The maximum atomic E-state index is 11.5. The quantitative estimate of drug-likeness (QED) is 0.837. The van der Waals surface area contributed by atoms with Gasteiger partial charge in [-0.15, -0.1) is 0 Å². The molecule has 5 nitrogen and oxygen atoms in total. The van der Waals surface area contributed by atoms with Gasteiger partial charge in [0.15, 0.2) is 0 Å².